The number of fused-ring (bicyclic) bond motifs is 1. The Morgan fingerprint density at radius 3 is 2.44 bits per heavy atom. The highest BCUT2D eigenvalue weighted by Gasteiger charge is 2.62. The van der Waals surface area contributed by atoms with Gasteiger partial charge in [0.2, 0.25) is 5.60 Å². The molecule has 18 heteroatoms. The van der Waals surface area contributed by atoms with Gasteiger partial charge in [0, 0.05) is 13.8 Å². The fraction of sp³-hybridized carbons (Fsp3) is 0.528. The van der Waals surface area contributed by atoms with E-state index in [-0.39, 0.29) is 23.2 Å². The zero-order valence-electron chi connectivity index (χ0n) is 30.0. The molecule has 6 atom stereocenters. The van der Waals surface area contributed by atoms with Crippen LogP contribution in [0.3, 0.4) is 0 Å². The highest BCUT2D eigenvalue weighted by molar-refractivity contribution is 7.52. The van der Waals surface area contributed by atoms with Gasteiger partial charge in [-0.25, -0.2) is 19.2 Å². The summed E-state index contributed by atoms with van der Waals surface area (Å²) in [4.78, 5) is 54.6. The second-order valence-corrected chi connectivity index (χ2v) is 15.5. The number of aldehydes is 1. The molecule has 54 heavy (non-hydrogen) atoms. The van der Waals surface area contributed by atoms with E-state index in [0.29, 0.717) is 11.8 Å². The number of benzene rings is 1. The number of aromatic nitrogens is 3. The van der Waals surface area contributed by atoms with Gasteiger partial charge in [0.1, 0.15) is 41.7 Å². The van der Waals surface area contributed by atoms with Crippen LogP contribution in [0.15, 0.2) is 48.8 Å². The molecule has 3 fully saturated rings. The second-order valence-electron chi connectivity index (χ2n) is 13.8. The highest BCUT2D eigenvalue weighted by Crippen LogP contribution is 2.49. The lowest BCUT2D eigenvalue weighted by Gasteiger charge is -2.35. The molecule has 0 amide bonds. The predicted octanol–water partition coefficient (Wildman–Crippen LogP) is 4.09. The van der Waals surface area contributed by atoms with Crippen molar-refractivity contribution in [3.63, 3.8) is 0 Å². The van der Waals surface area contributed by atoms with Crippen LogP contribution in [0.1, 0.15) is 77.3 Å². The molecule has 1 aliphatic heterocycles. The summed E-state index contributed by atoms with van der Waals surface area (Å²) < 4.78 is 51.1. The smallest absolute Gasteiger partial charge is 0.459 e. The van der Waals surface area contributed by atoms with Crippen molar-refractivity contribution < 1.29 is 51.7 Å². The van der Waals surface area contributed by atoms with E-state index >= 15 is 0 Å². The monoisotopic (exact) mass is 766 g/mol. The average Bonchev–Trinajstić information content (AvgIpc) is 3.96. The Bertz CT molecular complexity index is 1940. The summed E-state index contributed by atoms with van der Waals surface area (Å²) in [7, 11) is -4.60. The van der Waals surface area contributed by atoms with Crippen molar-refractivity contribution in [1.29, 1.82) is 5.26 Å². The standard InChI is InChI=1S/C36H43N6O11P/c1-23(44)49-32-29(51-36(21-37,33(32)50-24(2)45)30-15-14-28-34(38)39-22-40-42(28)30)20-48-54(47,53-27-12-4-3-5-13-27)41-26(19-43)18-31(46)52-35(16-8-9-17-35)25-10-6-7-11-25/h3-5,12-15,19,22,25-26,29,32-33H,6-11,16-18,20H2,1-2H3,(H,41,47)(H2,38,39,40)/t26-,29+,32+,33+,36-,54-/m0/s1. The van der Waals surface area contributed by atoms with Gasteiger partial charge in [-0.05, 0) is 68.7 Å². The minimum absolute atomic E-state index is 0.0546. The number of nitrogens with two attached hydrogens (primary N) is 1. The Balaban J connectivity index is 1.28. The van der Waals surface area contributed by atoms with Gasteiger partial charge in [0.25, 0.3) is 0 Å². The van der Waals surface area contributed by atoms with E-state index in [0.717, 1.165) is 71.5 Å². The molecule has 2 saturated carbocycles. The van der Waals surface area contributed by atoms with Crippen molar-refractivity contribution in [2.24, 2.45) is 5.92 Å². The highest BCUT2D eigenvalue weighted by atomic mass is 31.2. The number of nitrogens with one attached hydrogen (secondary N) is 1. The third-order valence-corrected chi connectivity index (χ3v) is 11.7. The van der Waals surface area contributed by atoms with Gasteiger partial charge in [0.15, 0.2) is 18.0 Å². The zero-order chi connectivity index (χ0) is 38.5. The van der Waals surface area contributed by atoms with E-state index in [1.165, 1.54) is 28.8 Å². The molecular formula is C36H43N6O11P. The van der Waals surface area contributed by atoms with Gasteiger partial charge in [-0.1, -0.05) is 31.0 Å². The number of hydrogen-bond acceptors (Lipinski definition) is 15. The van der Waals surface area contributed by atoms with E-state index in [1.807, 2.05) is 0 Å². The van der Waals surface area contributed by atoms with Gasteiger partial charge in [-0.3, -0.25) is 18.9 Å². The number of rotatable bonds is 15. The molecule has 3 heterocycles. The lowest BCUT2D eigenvalue weighted by Crippen LogP contribution is -2.45. The van der Waals surface area contributed by atoms with Crippen LogP contribution in [0.25, 0.3) is 5.52 Å². The van der Waals surface area contributed by atoms with Crippen LogP contribution in [-0.2, 0) is 52.8 Å². The first-order chi connectivity index (χ1) is 25.9. The summed E-state index contributed by atoms with van der Waals surface area (Å²) in [5, 5.41) is 17.5. The first-order valence-corrected chi connectivity index (χ1v) is 19.4. The minimum Gasteiger partial charge on any atom is -0.459 e. The number of para-hydroxylation sites is 1. The molecule has 3 aliphatic rings. The van der Waals surface area contributed by atoms with Crippen molar-refractivity contribution in [3.8, 4) is 11.8 Å². The Morgan fingerprint density at radius 2 is 1.80 bits per heavy atom. The Hall–Kier alpha value is -4.88. The molecule has 0 radical (unpaired) electrons. The molecule has 0 spiro atoms. The maximum absolute atomic E-state index is 14.6. The molecule has 17 nitrogen and oxygen atoms in total. The van der Waals surface area contributed by atoms with Crippen molar-refractivity contribution in [2.45, 2.75) is 107 Å². The maximum Gasteiger partial charge on any atom is 0.459 e. The number of nitrogen functional groups attached to an aromatic ring is 1. The molecule has 1 aromatic carbocycles. The van der Waals surface area contributed by atoms with E-state index in [4.69, 9.17) is 33.7 Å². The minimum atomic E-state index is -4.60. The number of ether oxygens (including phenoxy) is 4. The number of esters is 3. The van der Waals surface area contributed by atoms with Crippen molar-refractivity contribution >= 4 is 43.3 Å². The third kappa shape index (κ3) is 8.12. The van der Waals surface area contributed by atoms with Gasteiger partial charge in [-0.15, -0.1) is 0 Å². The van der Waals surface area contributed by atoms with Crippen LogP contribution in [0.4, 0.5) is 5.82 Å². The van der Waals surface area contributed by atoms with Gasteiger partial charge in [-0.2, -0.15) is 10.4 Å². The van der Waals surface area contributed by atoms with Gasteiger partial charge < -0.3 is 34.0 Å². The third-order valence-electron chi connectivity index (χ3n) is 10.1. The summed E-state index contributed by atoms with van der Waals surface area (Å²) >= 11 is 0. The first kappa shape index (κ1) is 38.8. The van der Waals surface area contributed by atoms with Crippen LogP contribution in [0, 0.1) is 17.2 Å². The largest absolute Gasteiger partial charge is 0.459 e. The second kappa shape index (κ2) is 16.2. The Kier molecular flexibility index (Phi) is 11.7. The molecular weight excluding hydrogens is 723 g/mol. The molecule has 2 aromatic heterocycles. The van der Waals surface area contributed by atoms with E-state index < -0.39 is 74.2 Å². The quantitative estimate of drug-likeness (QED) is 0.0960. The molecule has 3 N–H and O–H groups in total. The molecule has 0 unspecified atom stereocenters. The lowest BCUT2D eigenvalue weighted by molar-refractivity contribution is -0.166. The Morgan fingerprint density at radius 1 is 1.09 bits per heavy atom. The summed E-state index contributed by atoms with van der Waals surface area (Å²) in [5.41, 5.74) is 3.64. The van der Waals surface area contributed by atoms with Crippen molar-refractivity contribution in [1.82, 2.24) is 19.7 Å². The van der Waals surface area contributed by atoms with Gasteiger partial charge in [0.05, 0.1) is 24.8 Å². The van der Waals surface area contributed by atoms with E-state index in [1.54, 1.807) is 18.2 Å². The molecule has 3 aromatic rings. The number of nitrogens with zero attached hydrogens (tertiary/aromatic N) is 4. The van der Waals surface area contributed by atoms with Crippen molar-refractivity contribution in [2.75, 3.05) is 12.3 Å². The normalized spacial score (nSPS) is 25.3. The van der Waals surface area contributed by atoms with Crippen LogP contribution >= 0.6 is 7.75 Å². The average molecular weight is 767 g/mol. The van der Waals surface area contributed by atoms with Crippen LogP contribution in [0.2, 0.25) is 0 Å². The predicted molar refractivity (Wildman–Crippen MR) is 188 cm³/mol. The number of nitriles is 1. The zero-order valence-corrected chi connectivity index (χ0v) is 30.9. The van der Waals surface area contributed by atoms with Crippen LogP contribution < -0.4 is 15.3 Å². The fourth-order valence-corrected chi connectivity index (χ4v) is 9.33. The summed E-state index contributed by atoms with van der Waals surface area (Å²) in [6.45, 7) is 1.51. The number of hydrogen-bond donors (Lipinski definition) is 2. The summed E-state index contributed by atoms with van der Waals surface area (Å²) in [5.74, 6) is -1.84. The summed E-state index contributed by atoms with van der Waals surface area (Å²) in [6.07, 6.45) is 4.10. The summed E-state index contributed by atoms with van der Waals surface area (Å²) in [6, 6.07) is 11.6. The van der Waals surface area contributed by atoms with Crippen molar-refractivity contribution in [3.05, 3.63) is 54.5 Å². The van der Waals surface area contributed by atoms with E-state index in [2.05, 4.69) is 21.2 Å². The first-order valence-electron chi connectivity index (χ1n) is 17.9. The Labute approximate surface area is 311 Å². The molecule has 288 valence electrons. The van der Waals surface area contributed by atoms with Crippen LogP contribution in [0.5, 0.6) is 5.75 Å². The SMILES string of the molecule is CC(=O)O[C@H]1[C@@H](OC(C)=O)[C@](C#N)(c2ccc3c(N)ncnn23)O[C@@H]1CO[P@@](=O)(N[C@H](C=O)CC(=O)OC1(C2CCCC2)CCCC1)Oc1ccccc1. The molecule has 1 saturated heterocycles. The number of anilines is 1. The lowest BCUT2D eigenvalue weighted by atomic mass is 9.84. The fourth-order valence-electron chi connectivity index (χ4n) is 7.85. The molecule has 6 rings (SSSR count). The molecule has 2 aliphatic carbocycles. The van der Waals surface area contributed by atoms with E-state index in [9.17, 15) is 29.0 Å². The topological polar surface area (TPSA) is 233 Å². The van der Waals surface area contributed by atoms with Gasteiger partial charge >= 0.3 is 25.7 Å². The molecule has 0 bridgehead atoms. The number of carbonyl (C=O) groups excluding carboxylic acids is 4. The van der Waals surface area contributed by atoms with Crippen LogP contribution in [-0.4, -0.2) is 75.4 Å². The maximum atomic E-state index is 14.6. The number of carbonyl (C=O) groups is 4.